The number of alkyl halides is 1. The number of nitrogens with one attached hydrogen (secondary N) is 1. The summed E-state index contributed by atoms with van der Waals surface area (Å²) in [7, 11) is 1.51. The van der Waals surface area contributed by atoms with Gasteiger partial charge < -0.3 is 15.2 Å². The van der Waals surface area contributed by atoms with Gasteiger partial charge in [-0.2, -0.15) is 0 Å². The zero-order valence-electron chi connectivity index (χ0n) is 11.5. The van der Waals surface area contributed by atoms with E-state index in [2.05, 4.69) is 5.32 Å². The lowest BCUT2D eigenvalue weighted by Crippen LogP contribution is -2.37. The fourth-order valence-corrected chi connectivity index (χ4v) is 1.85. The predicted molar refractivity (Wildman–Crippen MR) is 76.8 cm³/mol. The van der Waals surface area contributed by atoms with Crippen molar-refractivity contribution in [1.82, 2.24) is 5.32 Å². The molecule has 2 aromatic rings. The van der Waals surface area contributed by atoms with Crippen molar-refractivity contribution in [1.29, 1.82) is 0 Å². The first kappa shape index (κ1) is 15.0. The average Bonchev–Trinajstić information content (AvgIpc) is 2.55. The Hall–Kier alpha value is -2.40. The van der Waals surface area contributed by atoms with Crippen LogP contribution in [0.1, 0.15) is 22.1 Å². The molecule has 0 aliphatic rings. The van der Waals surface area contributed by atoms with Crippen molar-refractivity contribution >= 4 is 5.91 Å². The van der Waals surface area contributed by atoms with Crippen molar-refractivity contribution in [3.63, 3.8) is 0 Å². The molecule has 2 N–H and O–H groups in total. The van der Waals surface area contributed by atoms with Crippen LogP contribution in [0.4, 0.5) is 4.39 Å². The van der Waals surface area contributed by atoms with E-state index in [0.29, 0.717) is 11.3 Å². The van der Waals surface area contributed by atoms with E-state index in [4.69, 9.17) is 4.74 Å². The van der Waals surface area contributed by atoms with Gasteiger partial charge >= 0.3 is 0 Å². The average molecular weight is 289 g/mol. The highest BCUT2D eigenvalue weighted by Gasteiger charge is 2.22. The number of amides is 1. The van der Waals surface area contributed by atoms with Crippen LogP contribution in [-0.2, 0) is 0 Å². The third-order valence-corrected chi connectivity index (χ3v) is 3.03. The summed E-state index contributed by atoms with van der Waals surface area (Å²) < 4.78 is 19.1. The Morgan fingerprint density at radius 2 is 1.76 bits per heavy atom. The van der Waals surface area contributed by atoms with E-state index in [9.17, 15) is 14.3 Å². The maximum Gasteiger partial charge on any atom is 0.253 e. The highest BCUT2D eigenvalue weighted by Crippen LogP contribution is 2.23. The van der Waals surface area contributed by atoms with Gasteiger partial charge in [-0.15, -0.1) is 0 Å². The Kier molecular flexibility index (Phi) is 4.90. The van der Waals surface area contributed by atoms with Crippen LogP contribution in [-0.4, -0.2) is 24.4 Å². The van der Waals surface area contributed by atoms with Crippen molar-refractivity contribution < 1.29 is 19.0 Å². The largest absolute Gasteiger partial charge is 0.497 e. The van der Waals surface area contributed by atoms with Gasteiger partial charge in [0.1, 0.15) is 5.75 Å². The molecule has 2 atom stereocenters. The number of rotatable bonds is 5. The number of hydrogen-bond acceptors (Lipinski definition) is 3. The summed E-state index contributed by atoms with van der Waals surface area (Å²) in [6.07, 6.45) is -3.34. The smallest absolute Gasteiger partial charge is 0.253 e. The highest BCUT2D eigenvalue weighted by molar-refractivity contribution is 5.94. The molecule has 0 radical (unpaired) electrons. The van der Waals surface area contributed by atoms with Crippen molar-refractivity contribution in [3.05, 3.63) is 65.7 Å². The molecule has 0 unspecified atom stereocenters. The lowest BCUT2D eigenvalue weighted by Gasteiger charge is -2.17. The van der Waals surface area contributed by atoms with Crippen LogP contribution in [0.2, 0.25) is 0 Å². The molecule has 0 aromatic heterocycles. The summed E-state index contributed by atoms with van der Waals surface area (Å²) in [6, 6.07) is 14.5. The van der Waals surface area contributed by atoms with Crippen LogP contribution in [0.3, 0.4) is 0 Å². The SMILES string of the molecule is COc1ccc([C@H](F)[C@@H](O)NC(=O)c2ccccc2)cc1. The normalized spacial score (nSPS) is 13.3. The van der Waals surface area contributed by atoms with Gasteiger partial charge in [-0.25, -0.2) is 4.39 Å². The van der Waals surface area contributed by atoms with Crippen LogP contribution in [0.5, 0.6) is 5.75 Å². The summed E-state index contributed by atoms with van der Waals surface area (Å²) in [5.41, 5.74) is 0.621. The van der Waals surface area contributed by atoms with Crippen LogP contribution in [0.25, 0.3) is 0 Å². The summed E-state index contributed by atoms with van der Waals surface area (Å²) in [4.78, 5) is 11.8. The second-order valence-corrected chi connectivity index (χ2v) is 4.46. The van der Waals surface area contributed by atoms with Crippen LogP contribution in [0, 0.1) is 0 Å². The molecule has 0 spiro atoms. The number of carbonyl (C=O) groups is 1. The second-order valence-electron chi connectivity index (χ2n) is 4.46. The number of ether oxygens (including phenoxy) is 1. The molecular formula is C16H16FNO3. The summed E-state index contributed by atoms with van der Waals surface area (Å²) >= 11 is 0. The first-order valence-electron chi connectivity index (χ1n) is 6.44. The van der Waals surface area contributed by atoms with Gasteiger partial charge in [0.2, 0.25) is 0 Å². The van der Waals surface area contributed by atoms with Crippen LogP contribution in [0.15, 0.2) is 54.6 Å². The minimum atomic E-state index is -1.72. The van der Waals surface area contributed by atoms with Crippen LogP contribution >= 0.6 is 0 Å². The van der Waals surface area contributed by atoms with Gasteiger partial charge in [0, 0.05) is 5.56 Å². The van der Waals surface area contributed by atoms with E-state index in [1.807, 2.05) is 0 Å². The molecule has 2 aromatic carbocycles. The topological polar surface area (TPSA) is 58.6 Å². The maximum atomic E-state index is 14.1. The Morgan fingerprint density at radius 3 is 2.33 bits per heavy atom. The monoisotopic (exact) mass is 289 g/mol. The van der Waals surface area contributed by atoms with Gasteiger partial charge in [0.15, 0.2) is 12.4 Å². The van der Waals surface area contributed by atoms with E-state index in [-0.39, 0.29) is 5.56 Å². The van der Waals surface area contributed by atoms with Crippen LogP contribution < -0.4 is 10.1 Å². The third-order valence-electron chi connectivity index (χ3n) is 3.03. The quantitative estimate of drug-likeness (QED) is 0.831. The molecule has 1 amide bonds. The number of hydrogen-bond donors (Lipinski definition) is 2. The number of benzene rings is 2. The van der Waals surface area contributed by atoms with Crippen molar-refractivity contribution in [2.75, 3.05) is 7.11 Å². The summed E-state index contributed by atoms with van der Waals surface area (Å²) in [5, 5.41) is 12.0. The molecule has 0 aliphatic carbocycles. The van der Waals surface area contributed by atoms with Crippen molar-refractivity contribution in [2.24, 2.45) is 0 Å². The summed E-state index contributed by atoms with van der Waals surface area (Å²) in [5.74, 6) is 0.0630. The van der Waals surface area contributed by atoms with Crippen molar-refractivity contribution in [3.8, 4) is 5.75 Å². The molecule has 0 bridgehead atoms. The predicted octanol–water partition coefficient (Wildman–Crippen LogP) is 2.45. The zero-order valence-corrected chi connectivity index (χ0v) is 11.5. The van der Waals surface area contributed by atoms with E-state index in [1.165, 1.54) is 19.2 Å². The second kappa shape index (κ2) is 6.85. The first-order chi connectivity index (χ1) is 10.1. The number of aliphatic hydroxyl groups is 1. The molecule has 0 saturated heterocycles. The minimum Gasteiger partial charge on any atom is -0.497 e. The molecule has 0 aliphatic heterocycles. The third kappa shape index (κ3) is 3.79. The minimum absolute atomic E-state index is 0.261. The molecule has 4 nitrogen and oxygen atoms in total. The number of aliphatic hydroxyl groups excluding tert-OH is 1. The Labute approximate surface area is 122 Å². The van der Waals surface area contributed by atoms with E-state index in [1.54, 1.807) is 42.5 Å². The van der Waals surface area contributed by atoms with E-state index < -0.39 is 18.3 Å². The standard InChI is InChI=1S/C16H16FNO3/c1-21-13-9-7-11(8-10-13)14(17)16(20)18-15(19)12-5-3-2-4-6-12/h2-10,14,16,20H,1H3,(H,18,19)/t14-,16+/m0/s1. The van der Waals surface area contributed by atoms with Gasteiger partial charge in [-0.05, 0) is 29.8 Å². The lowest BCUT2D eigenvalue weighted by molar-refractivity contribution is 0.0421. The molecule has 5 heteroatoms. The molecular weight excluding hydrogens is 273 g/mol. The van der Waals surface area contributed by atoms with Gasteiger partial charge in [0.05, 0.1) is 7.11 Å². The molecule has 2 rings (SSSR count). The van der Waals surface area contributed by atoms with E-state index >= 15 is 0 Å². The van der Waals surface area contributed by atoms with Crippen molar-refractivity contribution in [2.45, 2.75) is 12.4 Å². The number of methoxy groups -OCH3 is 1. The molecule has 0 saturated carbocycles. The Morgan fingerprint density at radius 1 is 1.14 bits per heavy atom. The lowest BCUT2D eigenvalue weighted by atomic mass is 10.1. The van der Waals surface area contributed by atoms with Gasteiger partial charge in [0.25, 0.3) is 5.91 Å². The molecule has 0 heterocycles. The van der Waals surface area contributed by atoms with Gasteiger partial charge in [-0.3, -0.25) is 4.79 Å². The highest BCUT2D eigenvalue weighted by atomic mass is 19.1. The Bertz CT molecular complexity index is 586. The fraction of sp³-hybridized carbons (Fsp3) is 0.188. The molecule has 110 valence electrons. The molecule has 0 fully saturated rings. The Balaban J connectivity index is 2.01. The summed E-state index contributed by atoms with van der Waals surface area (Å²) in [6.45, 7) is 0. The van der Waals surface area contributed by atoms with Gasteiger partial charge in [-0.1, -0.05) is 30.3 Å². The number of halogens is 1. The van der Waals surface area contributed by atoms with E-state index in [0.717, 1.165) is 0 Å². The first-order valence-corrected chi connectivity index (χ1v) is 6.44. The molecule has 21 heavy (non-hydrogen) atoms. The fourth-order valence-electron chi connectivity index (χ4n) is 1.85. The number of carbonyl (C=O) groups excluding carboxylic acids is 1. The maximum absolute atomic E-state index is 14.1. The zero-order chi connectivity index (χ0) is 15.2.